The third kappa shape index (κ3) is 6.98. The molecule has 5 aromatic rings. The second kappa shape index (κ2) is 14.3. The van der Waals surface area contributed by atoms with Crippen molar-refractivity contribution in [1.82, 2.24) is 4.57 Å². The lowest BCUT2D eigenvalue weighted by molar-refractivity contribution is 0.0954. The summed E-state index contributed by atoms with van der Waals surface area (Å²) in [7, 11) is 0. The van der Waals surface area contributed by atoms with Crippen molar-refractivity contribution in [1.29, 1.82) is 15.8 Å². The maximum Gasteiger partial charge on any atom is 0.172 e. The first-order valence-electron chi connectivity index (χ1n) is 15.9. The second-order valence-corrected chi connectivity index (χ2v) is 12.0. The molecule has 6 heteroatoms. The van der Waals surface area contributed by atoms with Crippen LogP contribution in [0.15, 0.2) is 156 Å². The lowest BCUT2D eigenvalue weighted by Crippen LogP contribution is -2.20. The third-order valence-electron chi connectivity index (χ3n) is 8.34. The zero-order chi connectivity index (χ0) is 34.2. The van der Waals surface area contributed by atoms with Gasteiger partial charge in [-0.15, -0.1) is 0 Å². The predicted molar refractivity (Wildman–Crippen MR) is 195 cm³/mol. The Labute approximate surface area is 287 Å². The number of benzene rings is 4. The number of ether oxygens (including phenoxy) is 1. The highest BCUT2D eigenvalue weighted by atomic mass is 16.5. The monoisotopic (exact) mass is 635 g/mol. The number of para-hydroxylation sites is 2. The summed E-state index contributed by atoms with van der Waals surface area (Å²) in [6, 6.07) is 49.4. The molecular weight excluding hydrogens is 603 g/mol. The summed E-state index contributed by atoms with van der Waals surface area (Å²) in [6.07, 6.45) is 8.02. The van der Waals surface area contributed by atoms with Crippen molar-refractivity contribution in [2.24, 2.45) is 0 Å². The largest absolute Gasteiger partial charge is 0.480 e. The molecule has 0 amide bonds. The molecule has 4 aromatic carbocycles. The number of allylic oxidation sites excluding steroid dienone is 2. The molecule has 0 atom stereocenters. The maximum atomic E-state index is 9.98. The van der Waals surface area contributed by atoms with Crippen LogP contribution < -0.4 is 4.90 Å². The quantitative estimate of drug-likeness (QED) is 0.150. The maximum absolute atomic E-state index is 9.98. The van der Waals surface area contributed by atoms with Crippen molar-refractivity contribution in [3.63, 3.8) is 0 Å². The van der Waals surface area contributed by atoms with E-state index in [2.05, 4.69) is 94.4 Å². The molecule has 0 unspecified atom stereocenters. The van der Waals surface area contributed by atoms with E-state index in [1.54, 1.807) is 0 Å². The molecule has 0 radical (unpaired) electrons. The summed E-state index contributed by atoms with van der Waals surface area (Å²) >= 11 is 0. The molecule has 1 aliphatic rings. The molecule has 0 spiro atoms. The van der Waals surface area contributed by atoms with Crippen molar-refractivity contribution in [3.05, 3.63) is 178 Å². The molecular formula is C43H33N5O. The number of aromatic nitrogens is 1. The standard InChI is InChI=1S/C43H33N5O/c1-43(2)41(40(30-46)42(49-43)34(28-44)29-45)27-26-36-25-24-35(47(36)31-33-12-6-3-7-13-33)21-18-32-19-22-39(23-20-32)48(37-14-8-4-9-15-37)38-16-10-5-11-17-38/h3-27H,31H2,1-2H3/b21-18+,27-26+. The van der Waals surface area contributed by atoms with Gasteiger partial charge in [0.2, 0.25) is 0 Å². The molecule has 0 fully saturated rings. The van der Waals surface area contributed by atoms with Gasteiger partial charge in [0, 0.05) is 40.6 Å². The summed E-state index contributed by atoms with van der Waals surface area (Å²) < 4.78 is 8.17. The van der Waals surface area contributed by atoms with Gasteiger partial charge in [-0.3, -0.25) is 0 Å². The Hall–Kier alpha value is -6.81. The van der Waals surface area contributed by atoms with Crippen molar-refractivity contribution in [3.8, 4) is 18.2 Å². The van der Waals surface area contributed by atoms with Crippen molar-refractivity contribution >= 4 is 35.3 Å². The summed E-state index contributed by atoms with van der Waals surface area (Å²) in [6.45, 7) is 4.28. The number of nitrogens with zero attached hydrogens (tertiary/aromatic N) is 5. The first-order valence-corrected chi connectivity index (χ1v) is 15.9. The van der Waals surface area contributed by atoms with Crippen LogP contribution in [0.5, 0.6) is 0 Å². The fourth-order valence-electron chi connectivity index (χ4n) is 5.91. The molecule has 0 saturated carbocycles. The lowest BCUT2D eigenvalue weighted by Gasteiger charge is -2.25. The molecule has 1 aliphatic heterocycles. The summed E-state index contributed by atoms with van der Waals surface area (Å²) in [5.41, 5.74) is 7.09. The Bertz CT molecular complexity index is 2150. The molecule has 0 bridgehead atoms. The highest BCUT2D eigenvalue weighted by molar-refractivity contribution is 5.78. The number of nitriles is 3. The van der Waals surface area contributed by atoms with Crippen LogP contribution in [-0.2, 0) is 11.3 Å². The molecule has 49 heavy (non-hydrogen) atoms. The number of anilines is 3. The molecule has 1 aromatic heterocycles. The van der Waals surface area contributed by atoms with E-state index in [4.69, 9.17) is 4.74 Å². The van der Waals surface area contributed by atoms with Gasteiger partial charge in [-0.1, -0.05) is 91.0 Å². The minimum Gasteiger partial charge on any atom is -0.480 e. The van der Waals surface area contributed by atoms with E-state index < -0.39 is 5.60 Å². The van der Waals surface area contributed by atoms with E-state index in [1.807, 2.05) is 98.8 Å². The van der Waals surface area contributed by atoms with Gasteiger partial charge >= 0.3 is 0 Å². The zero-order valence-electron chi connectivity index (χ0n) is 27.3. The second-order valence-electron chi connectivity index (χ2n) is 12.0. The van der Waals surface area contributed by atoms with Gasteiger partial charge in [0.1, 0.15) is 29.4 Å². The molecule has 6 rings (SSSR count). The van der Waals surface area contributed by atoms with Crippen LogP contribution >= 0.6 is 0 Å². The molecule has 6 nitrogen and oxygen atoms in total. The van der Waals surface area contributed by atoms with Crippen molar-refractivity contribution < 1.29 is 4.74 Å². The topological polar surface area (TPSA) is 88.8 Å². The first kappa shape index (κ1) is 32.1. The highest BCUT2D eigenvalue weighted by Crippen LogP contribution is 2.40. The normalized spacial score (nSPS) is 13.6. The van der Waals surface area contributed by atoms with E-state index in [9.17, 15) is 15.8 Å². The highest BCUT2D eigenvalue weighted by Gasteiger charge is 2.38. The smallest absolute Gasteiger partial charge is 0.172 e. The fourth-order valence-corrected chi connectivity index (χ4v) is 5.91. The van der Waals surface area contributed by atoms with Crippen LogP contribution in [-0.4, -0.2) is 10.2 Å². The number of hydrogen-bond acceptors (Lipinski definition) is 5. The zero-order valence-corrected chi connectivity index (χ0v) is 27.3. The molecule has 0 N–H and O–H groups in total. The summed E-state index contributed by atoms with van der Waals surface area (Å²) in [4.78, 5) is 2.24. The van der Waals surface area contributed by atoms with E-state index in [-0.39, 0.29) is 16.9 Å². The molecule has 0 saturated heterocycles. The Morgan fingerprint density at radius 2 is 1.16 bits per heavy atom. The van der Waals surface area contributed by atoms with Gasteiger partial charge < -0.3 is 14.2 Å². The predicted octanol–water partition coefficient (Wildman–Crippen LogP) is 10.1. The van der Waals surface area contributed by atoms with Crippen LogP contribution in [0.25, 0.3) is 18.2 Å². The van der Waals surface area contributed by atoms with E-state index >= 15 is 0 Å². The van der Waals surface area contributed by atoms with Gasteiger partial charge in [0.15, 0.2) is 11.3 Å². The Balaban J connectivity index is 1.33. The molecule has 2 heterocycles. The third-order valence-corrected chi connectivity index (χ3v) is 8.34. The minimum absolute atomic E-state index is 0.0297. The fraction of sp³-hybridized carbons (Fsp3) is 0.0930. The van der Waals surface area contributed by atoms with Crippen LogP contribution in [0.3, 0.4) is 0 Å². The van der Waals surface area contributed by atoms with E-state index in [0.717, 1.165) is 39.6 Å². The van der Waals surface area contributed by atoms with Crippen LogP contribution in [0.2, 0.25) is 0 Å². The van der Waals surface area contributed by atoms with E-state index in [1.165, 1.54) is 0 Å². The Morgan fingerprint density at radius 1 is 0.653 bits per heavy atom. The van der Waals surface area contributed by atoms with Crippen LogP contribution in [0.1, 0.15) is 36.4 Å². The summed E-state index contributed by atoms with van der Waals surface area (Å²) in [5, 5.41) is 28.9. The van der Waals surface area contributed by atoms with Gasteiger partial charge in [-0.25, -0.2) is 0 Å². The Kier molecular flexibility index (Phi) is 9.39. The van der Waals surface area contributed by atoms with Gasteiger partial charge in [-0.2, -0.15) is 15.8 Å². The lowest BCUT2D eigenvalue weighted by atomic mass is 9.94. The minimum atomic E-state index is -0.891. The summed E-state index contributed by atoms with van der Waals surface area (Å²) in [5.74, 6) is 0.0297. The van der Waals surface area contributed by atoms with Gasteiger partial charge in [-0.05, 0) is 85.7 Å². The van der Waals surface area contributed by atoms with Crippen LogP contribution in [0, 0.1) is 34.0 Å². The number of rotatable bonds is 9. The van der Waals surface area contributed by atoms with Gasteiger partial charge in [0.25, 0.3) is 0 Å². The van der Waals surface area contributed by atoms with Crippen LogP contribution in [0.4, 0.5) is 17.1 Å². The average Bonchev–Trinajstić information content (AvgIpc) is 3.63. The van der Waals surface area contributed by atoms with Gasteiger partial charge in [0.05, 0.1) is 0 Å². The number of hydrogen-bond donors (Lipinski definition) is 0. The average molecular weight is 636 g/mol. The molecule has 0 aliphatic carbocycles. The van der Waals surface area contributed by atoms with Crippen molar-refractivity contribution in [2.75, 3.05) is 4.90 Å². The first-order chi connectivity index (χ1) is 23.9. The van der Waals surface area contributed by atoms with Crippen molar-refractivity contribution in [2.45, 2.75) is 26.0 Å². The Morgan fingerprint density at radius 3 is 1.69 bits per heavy atom. The van der Waals surface area contributed by atoms with E-state index in [0.29, 0.717) is 12.1 Å². The molecule has 236 valence electrons. The SMILES string of the molecule is CC1(C)OC(=C(C#N)C#N)C(C#N)=C1/C=C/c1ccc(/C=C/c2ccc(N(c3ccccc3)c3ccccc3)cc2)n1Cc1ccccc1.